The zero-order valence-electron chi connectivity index (χ0n) is 10.2. The molecule has 2 heteroatoms. The largest absolute Gasteiger partial charge is 0.494 e. The first-order valence-electron chi connectivity index (χ1n) is 6.12. The predicted molar refractivity (Wildman–Crippen MR) is 70.5 cm³/mol. The molecule has 0 aromatic heterocycles. The van der Waals surface area contributed by atoms with Crippen molar-refractivity contribution in [2.75, 3.05) is 6.61 Å². The molecule has 0 N–H and O–H groups in total. The number of aryl methyl sites for hydroxylation is 1. The fourth-order valence-electron chi connectivity index (χ4n) is 1.70. The summed E-state index contributed by atoms with van der Waals surface area (Å²) in [6.07, 6.45) is 4.39. The predicted octanol–water partition coefficient (Wildman–Crippen LogP) is 4.43. The molecule has 0 fully saturated rings. The second kappa shape index (κ2) is 7.56. The van der Waals surface area contributed by atoms with E-state index >= 15 is 0 Å². The Labute approximate surface area is 104 Å². The SMILES string of the molecule is CCCC(Cl)CCc1ccc(OCC)cc1. The van der Waals surface area contributed by atoms with E-state index in [1.165, 1.54) is 5.56 Å². The molecule has 1 nitrogen and oxygen atoms in total. The minimum absolute atomic E-state index is 0.316. The fraction of sp³-hybridized carbons (Fsp3) is 0.571. The van der Waals surface area contributed by atoms with Crippen LogP contribution in [0.1, 0.15) is 38.7 Å². The van der Waals surface area contributed by atoms with Gasteiger partial charge in [0.15, 0.2) is 0 Å². The van der Waals surface area contributed by atoms with Gasteiger partial charge in [0.25, 0.3) is 0 Å². The number of halogens is 1. The molecule has 1 aromatic carbocycles. The van der Waals surface area contributed by atoms with Crippen LogP contribution in [0.4, 0.5) is 0 Å². The lowest BCUT2D eigenvalue weighted by Gasteiger charge is -2.08. The molecule has 16 heavy (non-hydrogen) atoms. The molecule has 1 rings (SSSR count). The summed E-state index contributed by atoms with van der Waals surface area (Å²) in [5, 5.41) is 0.316. The monoisotopic (exact) mass is 240 g/mol. The number of rotatable bonds is 7. The van der Waals surface area contributed by atoms with Gasteiger partial charge in [0.2, 0.25) is 0 Å². The molecule has 1 atom stereocenters. The van der Waals surface area contributed by atoms with E-state index in [1.807, 2.05) is 19.1 Å². The van der Waals surface area contributed by atoms with E-state index in [0.29, 0.717) is 5.38 Å². The van der Waals surface area contributed by atoms with Gasteiger partial charge in [-0.15, -0.1) is 11.6 Å². The molecule has 0 saturated heterocycles. The molecule has 0 aliphatic heterocycles. The number of benzene rings is 1. The van der Waals surface area contributed by atoms with Crippen molar-refractivity contribution in [2.24, 2.45) is 0 Å². The number of alkyl halides is 1. The van der Waals surface area contributed by atoms with Gasteiger partial charge in [0, 0.05) is 5.38 Å². The van der Waals surface area contributed by atoms with Gasteiger partial charge in [-0.05, 0) is 43.9 Å². The third kappa shape index (κ3) is 4.89. The molecule has 0 heterocycles. The maximum Gasteiger partial charge on any atom is 0.119 e. The van der Waals surface area contributed by atoms with Crippen LogP contribution in [0.3, 0.4) is 0 Å². The van der Waals surface area contributed by atoms with E-state index in [2.05, 4.69) is 19.1 Å². The third-order valence-electron chi connectivity index (χ3n) is 2.58. The van der Waals surface area contributed by atoms with Crippen LogP contribution in [0.5, 0.6) is 5.75 Å². The quantitative estimate of drug-likeness (QED) is 0.641. The topological polar surface area (TPSA) is 9.23 Å². The first-order chi connectivity index (χ1) is 7.76. The Morgan fingerprint density at radius 1 is 1.12 bits per heavy atom. The van der Waals surface area contributed by atoms with Crippen LogP contribution in [0, 0.1) is 0 Å². The van der Waals surface area contributed by atoms with Crippen LogP contribution < -0.4 is 4.74 Å². The highest BCUT2D eigenvalue weighted by Gasteiger charge is 2.03. The minimum Gasteiger partial charge on any atom is -0.494 e. The Bertz CT molecular complexity index is 281. The molecule has 1 aromatic rings. The lowest BCUT2D eigenvalue weighted by molar-refractivity contribution is 0.340. The van der Waals surface area contributed by atoms with Gasteiger partial charge in [-0.2, -0.15) is 0 Å². The lowest BCUT2D eigenvalue weighted by Crippen LogP contribution is -2.00. The van der Waals surface area contributed by atoms with Crippen molar-refractivity contribution >= 4 is 11.6 Å². The van der Waals surface area contributed by atoms with E-state index in [1.54, 1.807) is 0 Å². The van der Waals surface area contributed by atoms with Crippen molar-refractivity contribution in [1.82, 2.24) is 0 Å². The van der Waals surface area contributed by atoms with Crippen molar-refractivity contribution < 1.29 is 4.74 Å². The molecule has 0 aliphatic carbocycles. The molecule has 0 amide bonds. The molecule has 0 bridgehead atoms. The van der Waals surface area contributed by atoms with Crippen molar-refractivity contribution in [2.45, 2.75) is 44.9 Å². The maximum atomic E-state index is 6.19. The minimum atomic E-state index is 0.316. The first-order valence-corrected chi connectivity index (χ1v) is 6.55. The molecule has 1 unspecified atom stereocenters. The Hall–Kier alpha value is -0.690. The molecule has 90 valence electrons. The van der Waals surface area contributed by atoms with E-state index in [4.69, 9.17) is 16.3 Å². The highest BCUT2D eigenvalue weighted by Crippen LogP contribution is 2.16. The van der Waals surface area contributed by atoms with E-state index in [9.17, 15) is 0 Å². The second-order valence-electron chi connectivity index (χ2n) is 4.00. The Balaban J connectivity index is 2.37. The normalized spacial score (nSPS) is 12.4. The van der Waals surface area contributed by atoms with Crippen LogP contribution in [-0.4, -0.2) is 12.0 Å². The van der Waals surface area contributed by atoms with Crippen molar-refractivity contribution in [3.8, 4) is 5.75 Å². The summed E-state index contributed by atoms with van der Waals surface area (Å²) in [6.45, 7) is 4.89. The number of ether oxygens (including phenoxy) is 1. The summed E-state index contributed by atoms with van der Waals surface area (Å²) in [7, 11) is 0. The standard InChI is InChI=1S/C14H21ClO/c1-3-5-13(15)9-6-12-7-10-14(11-8-12)16-4-2/h7-8,10-11,13H,3-6,9H2,1-2H3. The van der Waals surface area contributed by atoms with Gasteiger partial charge < -0.3 is 4.74 Å². The number of hydrogen-bond acceptors (Lipinski definition) is 1. The third-order valence-corrected chi connectivity index (χ3v) is 3.02. The molecular weight excluding hydrogens is 220 g/mol. The highest BCUT2D eigenvalue weighted by molar-refractivity contribution is 6.20. The van der Waals surface area contributed by atoms with Crippen LogP contribution in [-0.2, 0) is 6.42 Å². The van der Waals surface area contributed by atoms with Crippen molar-refractivity contribution in [3.63, 3.8) is 0 Å². The highest BCUT2D eigenvalue weighted by atomic mass is 35.5. The fourth-order valence-corrected chi connectivity index (χ4v) is 2.03. The van der Waals surface area contributed by atoms with Crippen LogP contribution in [0.25, 0.3) is 0 Å². The van der Waals surface area contributed by atoms with Gasteiger partial charge in [0.05, 0.1) is 6.61 Å². The Morgan fingerprint density at radius 2 is 1.81 bits per heavy atom. The van der Waals surface area contributed by atoms with Gasteiger partial charge in [-0.1, -0.05) is 25.5 Å². The van der Waals surface area contributed by atoms with Crippen molar-refractivity contribution in [3.05, 3.63) is 29.8 Å². The molecule has 0 spiro atoms. The average molecular weight is 241 g/mol. The van der Waals surface area contributed by atoms with Crippen LogP contribution in [0.15, 0.2) is 24.3 Å². The summed E-state index contributed by atoms with van der Waals surface area (Å²) in [4.78, 5) is 0. The zero-order chi connectivity index (χ0) is 11.8. The van der Waals surface area contributed by atoms with E-state index in [0.717, 1.165) is 38.0 Å². The Morgan fingerprint density at radius 3 is 2.38 bits per heavy atom. The number of hydrogen-bond donors (Lipinski definition) is 0. The summed E-state index contributed by atoms with van der Waals surface area (Å²) < 4.78 is 5.40. The van der Waals surface area contributed by atoms with Crippen LogP contribution in [0.2, 0.25) is 0 Å². The first kappa shape index (κ1) is 13.4. The smallest absolute Gasteiger partial charge is 0.119 e. The molecule has 0 aliphatic rings. The summed E-state index contributed by atoms with van der Waals surface area (Å²) >= 11 is 6.19. The summed E-state index contributed by atoms with van der Waals surface area (Å²) in [5.74, 6) is 0.947. The van der Waals surface area contributed by atoms with Gasteiger partial charge in [-0.3, -0.25) is 0 Å². The maximum absolute atomic E-state index is 6.19. The Kier molecular flexibility index (Phi) is 6.32. The van der Waals surface area contributed by atoms with Gasteiger partial charge in [0.1, 0.15) is 5.75 Å². The molecule has 0 saturated carbocycles. The van der Waals surface area contributed by atoms with Crippen LogP contribution >= 0.6 is 11.6 Å². The van der Waals surface area contributed by atoms with Crippen molar-refractivity contribution in [1.29, 1.82) is 0 Å². The second-order valence-corrected chi connectivity index (χ2v) is 4.62. The zero-order valence-corrected chi connectivity index (χ0v) is 11.0. The average Bonchev–Trinajstić information content (AvgIpc) is 2.29. The molecule has 0 radical (unpaired) electrons. The lowest BCUT2D eigenvalue weighted by atomic mass is 10.1. The summed E-state index contributed by atoms with van der Waals surface area (Å²) in [5.41, 5.74) is 1.34. The summed E-state index contributed by atoms with van der Waals surface area (Å²) in [6, 6.07) is 8.31. The van der Waals surface area contributed by atoms with E-state index in [-0.39, 0.29) is 0 Å². The molecular formula is C14H21ClO. The van der Waals surface area contributed by atoms with Gasteiger partial charge >= 0.3 is 0 Å². The van der Waals surface area contributed by atoms with Gasteiger partial charge in [-0.25, -0.2) is 0 Å². The van der Waals surface area contributed by atoms with E-state index < -0.39 is 0 Å².